The lowest BCUT2D eigenvalue weighted by Gasteiger charge is -2.14. The lowest BCUT2D eigenvalue weighted by atomic mass is 10.1. The van der Waals surface area contributed by atoms with E-state index in [1.54, 1.807) is 11.9 Å². The van der Waals surface area contributed by atoms with Crippen LogP contribution in [0.4, 0.5) is 0 Å². The van der Waals surface area contributed by atoms with Crippen LogP contribution in [-0.2, 0) is 11.3 Å². The van der Waals surface area contributed by atoms with Crippen molar-refractivity contribution in [1.29, 1.82) is 0 Å². The van der Waals surface area contributed by atoms with Gasteiger partial charge in [0.05, 0.1) is 18.8 Å². The van der Waals surface area contributed by atoms with E-state index in [4.69, 9.17) is 0 Å². The molecule has 1 unspecified atom stereocenters. The molecule has 2 rings (SSSR count). The molecular formula is C14H17BrN4O. The van der Waals surface area contributed by atoms with Gasteiger partial charge in [0.1, 0.15) is 5.69 Å². The molecule has 0 aliphatic carbocycles. The smallest absolute Gasteiger partial charge is 0.219 e. The van der Waals surface area contributed by atoms with Crippen LogP contribution in [0.3, 0.4) is 0 Å². The zero-order valence-corrected chi connectivity index (χ0v) is 13.3. The Balaban J connectivity index is 2.16. The summed E-state index contributed by atoms with van der Waals surface area (Å²) in [5, 5.41) is 8.27. The summed E-state index contributed by atoms with van der Waals surface area (Å²) in [6.07, 6.45) is 1.88. The summed E-state index contributed by atoms with van der Waals surface area (Å²) in [5.74, 6) is 0.0124. The fraction of sp³-hybridized carbons (Fsp3) is 0.357. The summed E-state index contributed by atoms with van der Waals surface area (Å²) in [4.78, 5) is 12.8. The van der Waals surface area contributed by atoms with E-state index in [2.05, 4.69) is 39.2 Å². The molecule has 1 atom stereocenters. The predicted octanol–water partition coefficient (Wildman–Crippen LogP) is 2.63. The number of aromatic nitrogens is 3. The second-order valence-corrected chi connectivity index (χ2v) is 5.62. The number of rotatable bonds is 4. The van der Waals surface area contributed by atoms with Crippen LogP contribution in [0.5, 0.6) is 0 Å². The second kappa shape index (κ2) is 6.17. The van der Waals surface area contributed by atoms with E-state index in [1.807, 2.05) is 29.1 Å². The van der Waals surface area contributed by atoms with Gasteiger partial charge < -0.3 is 4.90 Å². The van der Waals surface area contributed by atoms with Gasteiger partial charge in [-0.2, -0.15) is 0 Å². The Hall–Kier alpha value is -1.69. The van der Waals surface area contributed by atoms with Crippen molar-refractivity contribution < 1.29 is 4.79 Å². The highest BCUT2D eigenvalue weighted by Gasteiger charge is 2.14. The molecule has 0 aliphatic heterocycles. The van der Waals surface area contributed by atoms with Crippen molar-refractivity contribution in [3.05, 3.63) is 46.2 Å². The summed E-state index contributed by atoms with van der Waals surface area (Å²) >= 11 is 3.55. The Bertz CT molecular complexity index is 611. The highest BCUT2D eigenvalue weighted by molar-refractivity contribution is 9.10. The SMILES string of the molecule is CC(=O)N(C)Cc1cn(C(C)c2ccccc2Br)nn1. The minimum atomic E-state index is 0.0124. The molecule has 5 nitrogen and oxygen atoms in total. The van der Waals surface area contributed by atoms with Crippen LogP contribution in [0.25, 0.3) is 0 Å². The maximum Gasteiger partial charge on any atom is 0.219 e. The average Bonchev–Trinajstić information content (AvgIpc) is 2.87. The zero-order chi connectivity index (χ0) is 14.7. The Labute approximate surface area is 126 Å². The highest BCUT2D eigenvalue weighted by Crippen LogP contribution is 2.25. The first-order chi connectivity index (χ1) is 9.49. The van der Waals surface area contributed by atoms with Crippen molar-refractivity contribution in [3.63, 3.8) is 0 Å². The van der Waals surface area contributed by atoms with E-state index in [-0.39, 0.29) is 11.9 Å². The summed E-state index contributed by atoms with van der Waals surface area (Å²) < 4.78 is 2.86. The zero-order valence-electron chi connectivity index (χ0n) is 11.7. The minimum Gasteiger partial charge on any atom is -0.340 e. The van der Waals surface area contributed by atoms with Gasteiger partial charge in [0, 0.05) is 18.4 Å². The number of carbonyl (C=O) groups is 1. The second-order valence-electron chi connectivity index (χ2n) is 4.76. The van der Waals surface area contributed by atoms with Crippen LogP contribution in [0, 0.1) is 0 Å². The monoisotopic (exact) mass is 336 g/mol. The number of nitrogens with zero attached hydrogens (tertiary/aromatic N) is 4. The molecule has 2 aromatic rings. The molecule has 0 N–H and O–H groups in total. The van der Waals surface area contributed by atoms with Gasteiger partial charge in [0.2, 0.25) is 5.91 Å². The molecule has 0 spiro atoms. The molecule has 106 valence electrons. The van der Waals surface area contributed by atoms with Gasteiger partial charge in [-0.3, -0.25) is 4.79 Å². The molecular weight excluding hydrogens is 320 g/mol. The average molecular weight is 337 g/mol. The molecule has 1 amide bonds. The lowest BCUT2D eigenvalue weighted by Crippen LogP contribution is -2.23. The maximum absolute atomic E-state index is 11.2. The van der Waals surface area contributed by atoms with Crippen molar-refractivity contribution in [1.82, 2.24) is 19.9 Å². The summed E-state index contributed by atoms with van der Waals surface area (Å²) in [5.41, 5.74) is 1.92. The van der Waals surface area contributed by atoms with Gasteiger partial charge in [-0.05, 0) is 18.6 Å². The van der Waals surface area contributed by atoms with E-state index in [0.29, 0.717) is 6.54 Å². The quantitative estimate of drug-likeness (QED) is 0.862. The Morgan fingerprint density at radius 2 is 2.15 bits per heavy atom. The third kappa shape index (κ3) is 3.25. The van der Waals surface area contributed by atoms with E-state index in [1.165, 1.54) is 6.92 Å². The number of halogens is 1. The molecule has 0 saturated heterocycles. The number of hydrogen-bond donors (Lipinski definition) is 0. The van der Waals surface area contributed by atoms with Crippen LogP contribution < -0.4 is 0 Å². The third-order valence-corrected chi connectivity index (χ3v) is 3.97. The number of benzene rings is 1. The number of hydrogen-bond acceptors (Lipinski definition) is 3. The molecule has 1 heterocycles. The number of amides is 1. The molecule has 1 aromatic heterocycles. The molecule has 0 saturated carbocycles. The van der Waals surface area contributed by atoms with Crippen molar-refractivity contribution in [2.24, 2.45) is 0 Å². The summed E-state index contributed by atoms with van der Waals surface area (Å²) in [7, 11) is 1.75. The van der Waals surface area contributed by atoms with Gasteiger partial charge in [0.25, 0.3) is 0 Å². The van der Waals surface area contributed by atoms with Crippen molar-refractivity contribution in [3.8, 4) is 0 Å². The van der Waals surface area contributed by atoms with Crippen LogP contribution in [0.2, 0.25) is 0 Å². The van der Waals surface area contributed by atoms with E-state index in [0.717, 1.165) is 15.7 Å². The fourth-order valence-corrected chi connectivity index (χ4v) is 2.50. The van der Waals surface area contributed by atoms with Crippen LogP contribution >= 0.6 is 15.9 Å². The Morgan fingerprint density at radius 1 is 1.45 bits per heavy atom. The fourth-order valence-electron chi connectivity index (χ4n) is 1.89. The molecule has 20 heavy (non-hydrogen) atoms. The first-order valence-corrected chi connectivity index (χ1v) is 7.15. The van der Waals surface area contributed by atoms with Crippen molar-refractivity contribution in [2.75, 3.05) is 7.05 Å². The predicted molar refractivity (Wildman–Crippen MR) is 80.1 cm³/mol. The van der Waals surface area contributed by atoms with Crippen molar-refractivity contribution >= 4 is 21.8 Å². The van der Waals surface area contributed by atoms with Gasteiger partial charge >= 0.3 is 0 Å². The number of carbonyl (C=O) groups excluding carboxylic acids is 1. The standard InChI is InChI=1S/C14H17BrN4O/c1-10(13-6-4-5-7-14(13)15)19-9-12(16-17-19)8-18(3)11(2)20/h4-7,9-10H,8H2,1-3H3. The molecule has 0 aliphatic rings. The topological polar surface area (TPSA) is 51.0 Å². The first-order valence-electron chi connectivity index (χ1n) is 6.36. The van der Waals surface area contributed by atoms with E-state index >= 15 is 0 Å². The van der Waals surface area contributed by atoms with Gasteiger partial charge in [-0.1, -0.05) is 39.3 Å². The Morgan fingerprint density at radius 3 is 2.80 bits per heavy atom. The molecule has 0 bridgehead atoms. The van der Waals surface area contributed by atoms with E-state index < -0.39 is 0 Å². The van der Waals surface area contributed by atoms with Gasteiger partial charge in [0.15, 0.2) is 0 Å². The summed E-state index contributed by atoms with van der Waals surface area (Å²) in [6.45, 7) is 4.07. The van der Waals surface area contributed by atoms with Gasteiger partial charge in [-0.25, -0.2) is 4.68 Å². The lowest BCUT2D eigenvalue weighted by molar-refractivity contribution is -0.128. The largest absolute Gasteiger partial charge is 0.340 e. The molecule has 1 aromatic carbocycles. The summed E-state index contributed by atoms with van der Waals surface area (Å²) in [6, 6.07) is 8.12. The van der Waals surface area contributed by atoms with Crippen molar-refractivity contribution in [2.45, 2.75) is 26.4 Å². The molecule has 6 heteroatoms. The normalized spacial score (nSPS) is 12.2. The Kier molecular flexibility index (Phi) is 4.54. The van der Waals surface area contributed by atoms with Crippen LogP contribution in [-0.4, -0.2) is 32.8 Å². The first kappa shape index (κ1) is 14.7. The minimum absolute atomic E-state index is 0.0124. The molecule has 0 fully saturated rings. The van der Waals surface area contributed by atoms with Crippen LogP contribution in [0.15, 0.2) is 34.9 Å². The third-order valence-electron chi connectivity index (χ3n) is 3.25. The van der Waals surface area contributed by atoms with Gasteiger partial charge in [-0.15, -0.1) is 5.10 Å². The van der Waals surface area contributed by atoms with E-state index in [9.17, 15) is 4.79 Å². The highest BCUT2D eigenvalue weighted by atomic mass is 79.9. The van der Waals surface area contributed by atoms with Crippen LogP contribution in [0.1, 0.15) is 31.1 Å². The molecule has 0 radical (unpaired) electrons. The maximum atomic E-state index is 11.2.